The van der Waals surface area contributed by atoms with Crippen LogP contribution in [0.2, 0.25) is 5.02 Å². The third-order valence-electron chi connectivity index (χ3n) is 3.41. The van der Waals surface area contributed by atoms with Gasteiger partial charge in [0.2, 0.25) is 0 Å². The summed E-state index contributed by atoms with van der Waals surface area (Å²) in [5.41, 5.74) is 1.23. The van der Waals surface area contributed by atoms with E-state index >= 15 is 0 Å². The van der Waals surface area contributed by atoms with Gasteiger partial charge in [-0.2, -0.15) is 11.8 Å². The summed E-state index contributed by atoms with van der Waals surface area (Å²) < 4.78 is 5.73. The van der Waals surface area contributed by atoms with Gasteiger partial charge in [-0.3, -0.25) is 4.79 Å². The first-order valence-corrected chi connectivity index (χ1v) is 9.54. The zero-order valence-electron chi connectivity index (χ0n) is 13.7. The maximum absolute atomic E-state index is 12.2. The smallest absolute Gasteiger partial charge is 0.261 e. The van der Waals surface area contributed by atoms with Crippen molar-refractivity contribution in [3.05, 3.63) is 65.2 Å². The van der Waals surface area contributed by atoms with E-state index in [0.717, 1.165) is 22.3 Å². The van der Waals surface area contributed by atoms with E-state index in [4.69, 9.17) is 16.3 Å². The van der Waals surface area contributed by atoms with Crippen molar-refractivity contribution in [2.75, 3.05) is 12.3 Å². The number of thioether (sulfide) groups is 1. The average molecular weight is 364 g/mol. The summed E-state index contributed by atoms with van der Waals surface area (Å²) in [7, 11) is 0. The molecule has 5 heteroatoms. The minimum absolute atomic E-state index is 0.0616. The van der Waals surface area contributed by atoms with Crippen molar-refractivity contribution in [2.24, 2.45) is 0 Å². The van der Waals surface area contributed by atoms with E-state index in [9.17, 15) is 4.79 Å². The predicted molar refractivity (Wildman–Crippen MR) is 102 cm³/mol. The second kappa shape index (κ2) is 10.3. The number of amides is 1. The Balaban J connectivity index is 1.66. The van der Waals surface area contributed by atoms with E-state index < -0.39 is 6.10 Å². The molecule has 1 atom stereocenters. The lowest BCUT2D eigenvalue weighted by molar-refractivity contribution is -0.127. The Morgan fingerprint density at radius 2 is 1.88 bits per heavy atom. The van der Waals surface area contributed by atoms with Gasteiger partial charge in [-0.05, 0) is 36.2 Å². The van der Waals surface area contributed by atoms with E-state index in [2.05, 4.69) is 5.32 Å². The van der Waals surface area contributed by atoms with Crippen LogP contribution in [0.25, 0.3) is 0 Å². The van der Waals surface area contributed by atoms with Crippen LogP contribution in [0.4, 0.5) is 0 Å². The largest absolute Gasteiger partial charge is 0.481 e. The molecule has 0 unspecified atom stereocenters. The topological polar surface area (TPSA) is 38.3 Å². The highest BCUT2D eigenvalue weighted by Crippen LogP contribution is 2.15. The zero-order valence-corrected chi connectivity index (χ0v) is 15.3. The highest BCUT2D eigenvalue weighted by atomic mass is 35.5. The average Bonchev–Trinajstić information content (AvgIpc) is 2.61. The Labute approximate surface area is 152 Å². The minimum Gasteiger partial charge on any atom is -0.481 e. The van der Waals surface area contributed by atoms with Crippen LogP contribution in [0.5, 0.6) is 5.75 Å². The van der Waals surface area contributed by atoms with Crippen LogP contribution in [0.1, 0.15) is 18.9 Å². The maximum atomic E-state index is 12.2. The van der Waals surface area contributed by atoms with Gasteiger partial charge in [0.1, 0.15) is 5.75 Å². The number of carbonyl (C=O) groups excluding carboxylic acids is 1. The van der Waals surface area contributed by atoms with Crippen LogP contribution in [0.3, 0.4) is 0 Å². The van der Waals surface area contributed by atoms with E-state index in [1.165, 1.54) is 5.56 Å². The van der Waals surface area contributed by atoms with Gasteiger partial charge in [-0.1, -0.05) is 48.9 Å². The van der Waals surface area contributed by atoms with Gasteiger partial charge >= 0.3 is 0 Å². The minimum atomic E-state index is -0.450. The fourth-order valence-electron chi connectivity index (χ4n) is 2.12. The standard InChI is InChI=1S/C19H22ClNO2S/c1-2-18(23-17-6-4-3-5-7-17)19(22)21-12-13-24-14-15-8-10-16(20)11-9-15/h3-11,18H,2,12-14H2,1H3,(H,21,22)/t18-/m1/s1. The molecule has 0 aliphatic heterocycles. The highest BCUT2D eigenvalue weighted by molar-refractivity contribution is 7.98. The van der Waals surface area contributed by atoms with E-state index in [1.54, 1.807) is 11.8 Å². The first-order valence-electron chi connectivity index (χ1n) is 8.00. The molecular formula is C19H22ClNO2S. The third-order valence-corrected chi connectivity index (χ3v) is 4.69. The van der Waals surface area contributed by atoms with Crippen molar-refractivity contribution in [1.29, 1.82) is 0 Å². The number of halogens is 1. The summed E-state index contributed by atoms with van der Waals surface area (Å²) in [6.45, 7) is 2.58. The molecule has 2 aromatic rings. The molecule has 0 radical (unpaired) electrons. The van der Waals surface area contributed by atoms with Crippen LogP contribution in [-0.4, -0.2) is 24.3 Å². The number of carbonyl (C=O) groups is 1. The highest BCUT2D eigenvalue weighted by Gasteiger charge is 2.17. The first-order chi connectivity index (χ1) is 11.7. The fraction of sp³-hybridized carbons (Fsp3) is 0.316. The normalized spacial score (nSPS) is 11.8. The van der Waals surface area contributed by atoms with Gasteiger partial charge in [0.05, 0.1) is 0 Å². The molecular weight excluding hydrogens is 342 g/mol. The van der Waals surface area contributed by atoms with Crippen LogP contribution < -0.4 is 10.1 Å². The summed E-state index contributed by atoms with van der Waals surface area (Å²) in [6.07, 6.45) is 0.187. The number of rotatable bonds is 9. The zero-order chi connectivity index (χ0) is 17.2. The van der Waals surface area contributed by atoms with Crippen molar-refractivity contribution < 1.29 is 9.53 Å². The molecule has 0 fully saturated rings. The number of ether oxygens (including phenoxy) is 1. The monoisotopic (exact) mass is 363 g/mol. The molecule has 1 amide bonds. The van der Waals surface area contributed by atoms with E-state index in [1.807, 2.05) is 61.5 Å². The number of hydrogen-bond acceptors (Lipinski definition) is 3. The van der Waals surface area contributed by atoms with Crippen LogP contribution >= 0.6 is 23.4 Å². The third kappa shape index (κ3) is 6.46. The molecule has 0 aliphatic rings. The number of nitrogens with one attached hydrogen (secondary N) is 1. The van der Waals surface area contributed by atoms with E-state index in [0.29, 0.717) is 13.0 Å². The number of para-hydroxylation sites is 1. The van der Waals surface area contributed by atoms with Crippen molar-refractivity contribution in [3.8, 4) is 5.75 Å². The summed E-state index contributed by atoms with van der Waals surface area (Å²) in [6, 6.07) is 17.3. The lowest BCUT2D eigenvalue weighted by Gasteiger charge is -2.17. The lowest BCUT2D eigenvalue weighted by Crippen LogP contribution is -2.39. The van der Waals surface area contributed by atoms with Crippen molar-refractivity contribution in [2.45, 2.75) is 25.2 Å². The van der Waals surface area contributed by atoms with Crippen molar-refractivity contribution >= 4 is 29.3 Å². The maximum Gasteiger partial charge on any atom is 0.261 e. The predicted octanol–water partition coefficient (Wildman–Crippen LogP) is 4.55. The van der Waals surface area contributed by atoms with Crippen molar-refractivity contribution in [3.63, 3.8) is 0 Å². The van der Waals surface area contributed by atoms with Gasteiger partial charge in [0.25, 0.3) is 5.91 Å². The molecule has 0 saturated carbocycles. The van der Waals surface area contributed by atoms with Gasteiger partial charge in [0.15, 0.2) is 6.10 Å². The molecule has 0 aromatic heterocycles. The lowest BCUT2D eigenvalue weighted by atomic mass is 10.2. The Morgan fingerprint density at radius 3 is 2.54 bits per heavy atom. The van der Waals surface area contributed by atoms with E-state index in [-0.39, 0.29) is 5.91 Å². The molecule has 128 valence electrons. The Hall–Kier alpha value is -1.65. The first kappa shape index (κ1) is 18.7. The quantitative estimate of drug-likeness (QED) is 0.664. The van der Waals surface area contributed by atoms with Crippen LogP contribution in [-0.2, 0) is 10.5 Å². The van der Waals surface area contributed by atoms with Crippen LogP contribution in [0, 0.1) is 0 Å². The van der Waals surface area contributed by atoms with Crippen molar-refractivity contribution in [1.82, 2.24) is 5.32 Å². The summed E-state index contributed by atoms with van der Waals surface area (Å²) >= 11 is 7.64. The molecule has 24 heavy (non-hydrogen) atoms. The number of hydrogen-bond donors (Lipinski definition) is 1. The molecule has 0 saturated heterocycles. The van der Waals surface area contributed by atoms with Crippen LogP contribution in [0.15, 0.2) is 54.6 Å². The molecule has 2 aromatic carbocycles. The molecule has 0 heterocycles. The molecule has 0 spiro atoms. The molecule has 1 N–H and O–H groups in total. The molecule has 3 nitrogen and oxygen atoms in total. The van der Waals surface area contributed by atoms with Gasteiger partial charge in [-0.15, -0.1) is 0 Å². The van der Waals surface area contributed by atoms with Gasteiger partial charge in [0, 0.05) is 23.1 Å². The van der Waals surface area contributed by atoms with Gasteiger partial charge < -0.3 is 10.1 Å². The molecule has 2 rings (SSSR count). The Kier molecular flexibility index (Phi) is 7.99. The summed E-state index contributed by atoms with van der Waals surface area (Å²) in [4.78, 5) is 12.2. The Morgan fingerprint density at radius 1 is 1.17 bits per heavy atom. The second-order valence-corrected chi connectivity index (χ2v) is 6.84. The number of benzene rings is 2. The SMILES string of the molecule is CC[C@@H](Oc1ccccc1)C(=O)NCCSCc1ccc(Cl)cc1. The molecule has 0 bridgehead atoms. The fourth-order valence-corrected chi connectivity index (χ4v) is 3.06. The summed E-state index contributed by atoms with van der Waals surface area (Å²) in [5, 5.41) is 3.69. The summed E-state index contributed by atoms with van der Waals surface area (Å²) in [5.74, 6) is 2.42. The molecule has 0 aliphatic carbocycles. The second-order valence-electron chi connectivity index (χ2n) is 5.30. The Bertz CT molecular complexity index is 619. The van der Waals surface area contributed by atoms with Gasteiger partial charge in [-0.25, -0.2) is 0 Å².